The molecule has 0 radical (unpaired) electrons. The number of esters is 1. The third-order valence-electron chi connectivity index (χ3n) is 2.75. The minimum absolute atomic E-state index is 0.0122. The largest absolute Gasteiger partial charge is 0.460 e. The number of hydrogen-bond donors (Lipinski definition) is 0. The van der Waals surface area contributed by atoms with E-state index in [0.29, 0.717) is 15.1 Å². The molecule has 0 aliphatic rings. The maximum absolute atomic E-state index is 12.2. The highest BCUT2D eigenvalue weighted by atomic mass is 35.5. The standard InChI is InChI=1S/C13H12Cl2N2O4S2/c1-17(23(19,20)13-5-4-11(15)22-13)7-12(18)21-8-9-2-3-10(14)16-6-9/h2-6H,7-8H2,1H3. The average Bonchev–Trinajstić information content (AvgIpc) is 2.94. The molecule has 0 amide bonds. The molecule has 0 aromatic carbocycles. The van der Waals surface area contributed by atoms with Gasteiger partial charge in [0.1, 0.15) is 22.5 Å². The number of pyridine rings is 1. The number of rotatable bonds is 6. The van der Waals surface area contributed by atoms with Crippen molar-refractivity contribution in [3.05, 3.63) is 45.5 Å². The summed E-state index contributed by atoms with van der Waals surface area (Å²) in [7, 11) is -2.47. The van der Waals surface area contributed by atoms with Crippen LogP contribution in [-0.4, -0.2) is 37.3 Å². The number of nitrogens with zero attached hydrogens (tertiary/aromatic N) is 2. The lowest BCUT2D eigenvalue weighted by molar-refractivity contribution is -0.144. The SMILES string of the molecule is CN(CC(=O)OCc1ccc(Cl)nc1)S(=O)(=O)c1ccc(Cl)s1. The fourth-order valence-corrected chi connectivity index (χ4v) is 4.48. The molecule has 2 aromatic rings. The zero-order valence-electron chi connectivity index (χ0n) is 11.9. The zero-order chi connectivity index (χ0) is 17.0. The summed E-state index contributed by atoms with van der Waals surface area (Å²) in [5, 5.41) is 0.334. The number of hydrogen-bond acceptors (Lipinski definition) is 6. The molecule has 0 unspecified atom stereocenters. The van der Waals surface area contributed by atoms with Gasteiger partial charge in [-0.3, -0.25) is 4.79 Å². The molecule has 6 nitrogen and oxygen atoms in total. The molecular formula is C13H12Cl2N2O4S2. The Morgan fingerprint density at radius 2 is 2.04 bits per heavy atom. The quantitative estimate of drug-likeness (QED) is 0.555. The van der Waals surface area contributed by atoms with Crippen LogP contribution < -0.4 is 0 Å². The molecule has 0 spiro atoms. The second kappa shape index (κ2) is 7.59. The van der Waals surface area contributed by atoms with E-state index in [9.17, 15) is 13.2 Å². The number of halogens is 2. The number of aromatic nitrogens is 1. The van der Waals surface area contributed by atoms with Gasteiger partial charge < -0.3 is 4.74 Å². The van der Waals surface area contributed by atoms with Crippen LogP contribution in [-0.2, 0) is 26.2 Å². The van der Waals surface area contributed by atoms with Crippen LogP contribution in [0.2, 0.25) is 9.49 Å². The van der Waals surface area contributed by atoms with Gasteiger partial charge in [-0.2, -0.15) is 4.31 Å². The van der Waals surface area contributed by atoms with Gasteiger partial charge in [0.05, 0.1) is 4.34 Å². The lowest BCUT2D eigenvalue weighted by atomic mass is 10.3. The Bertz CT molecular complexity index is 791. The third-order valence-corrected chi connectivity index (χ3v) is 6.48. The third kappa shape index (κ3) is 4.89. The molecule has 124 valence electrons. The van der Waals surface area contributed by atoms with Crippen LogP contribution in [0.4, 0.5) is 0 Å². The van der Waals surface area contributed by atoms with Gasteiger partial charge in [-0.15, -0.1) is 11.3 Å². The summed E-state index contributed by atoms with van der Waals surface area (Å²) in [6.07, 6.45) is 1.48. The predicted octanol–water partition coefficient (Wildman–Crippen LogP) is 2.81. The van der Waals surface area contributed by atoms with Crippen LogP contribution in [0.15, 0.2) is 34.7 Å². The van der Waals surface area contributed by atoms with Crippen LogP contribution in [0, 0.1) is 0 Å². The minimum Gasteiger partial charge on any atom is -0.460 e. The van der Waals surface area contributed by atoms with Crippen molar-refractivity contribution in [2.45, 2.75) is 10.8 Å². The van der Waals surface area contributed by atoms with E-state index >= 15 is 0 Å². The summed E-state index contributed by atoms with van der Waals surface area (Å²) >= 11 is 12.3. The van der Waals surface area contributed by atoms with Crippen molar-refractivity contribution in [2.75, 3.05) is 13.6 Å². The Hall–Kier alpha value is -1.19. The number of thiophene rings is 1. The van der Waals surface area contributed by atoms with Crippen molar-refractivity contribution in [3.8, 4) is 0 Å². The number of carbonyl (C=O) groups is 1. The van der Waals surface area contributed by atoms with Gasteiger partial charge in [0.25, 0.3) is 10.0 Å². The van der Waals surface area contributed by atoms with Crippen LogP contribution in [0.5, 0.6) is 0 Å². The monoisotopic (exact) mass is 394 g/mol. The summed E-state index contributed by atoms with van der Waals surface area (Å²) in [6, 6.07) is 6.11. The number of carbonyl (C=O) groups excluding carboxylic acids is 1. The maximum Gasteiger partial charge on any atom is 0.321 e. The van der Waals surface area contributed by atoms with E-state index in [1.54, 1.807) is 12.1 Å². The Kier molecular flexibility index (Phi) is 5.99. The molecule has 2 rings (SSSR count). The van der Waals surface area contributed by atoms with Gasteiger partial charge >= 0.3 is 5.97 Å². The summed E-state index contributed by atoms with van der Waals surface area (Å²) in [5.74, 6) is -0.673. The highest BCUT2D eigenvalue weighted by Gasteiger charge is 2.25. The van der Waals surface area contributed by atoms with E-state index in [4.69, 9.17) is 27.9 Å². The summed E-state index contributed by atoms with van der Waals surface area (Å²) in [6.45, 7) is -0.416. The van der Waals surface area contributed by atoms with E-state index in [1.165, 1.54) is 25.4 Å². The molecule has 0 N–H and O–H groups in total. The predicted molar refractivity (Wildman–Crippen MR) is 88.2 cm³/mol. The van der Waals surface area contributed by atoms with Gasteiger partial charge in [-0.25, -0.2) is 13.4 Å². The Morgan fingerprint density at radius 1 is 1.30 bits per heavy atom. The van der Waals surface area contributed by atoms with Crippen molar-refractivity contribution in [3.63, 3.8) is 0 Å². The van der Waals surface area contributed by atoms with Gasteiger partial charge in [0, 0.05) is 18.8 Å². The van der Waals surface area contributed by atoms with Crippen LogP contribution in [0.1, 0.15) is 5.56 Å². The molecule has 10 heteroatoms. The van der Waals surface area contributed by atoms with E-state index in [-0.39, 0.29) is 10.8 Å². The van der Waals surface area contributed by atoms with E-state index in [2.05, 4.69) is 4.98 Å². The highest BCUT2D eigenvalue weighted by molar-refractivity contribution is 7.91. The Balaban J connectivity index is 1.93. The second-order valence-electron chi connectivity index (χ2n) is 4.47. The van der Waals surface area contributed by atoms with Gasteiger partial charge in [0.2, 0.25) is 0 Å². The molecule has 2 aromatic heterocycles. The fraction of sp³-hybridized carbons (Fsp3) is 0.231. The first-order valence-corrected chi connectivity index (χ1v) is 9.28. The normalized spacial score (nSPS) is 11.7. The number of likely N-dealkylation sites (N-methyl/N-ethyl adjacent to an activating group) is 1. The maximum atomic E-state index is 12.2. The molecule has 0 saturated carbocycles. The molecule has 0 aliphatic heterocycles. The first-order chi connectivity index (χ1) is 10.8. The Labute approximate surface area is 147 Å². The molecule has 0 aliphatic carbocycles. The molecule has 23 heavy (non-hydrogen) atoms. The highest BCUT2D eigenvalue weighted by Crippen LogP contribution is 2.27. The molecule has 2 heterocycles. The lowest BCUT2D eigenvalue weighted by Gasteiger charge is -2.15. The Morgan fingerprint density at radius 3 is 2.61 bits per heavy atom. The average molecular weight is 395 g/mol. The number of sulfonamides is 1. The van der Waals surface area contributed by atoms with Crippen molar-refractivity contribution in [2.24, 2.45) is 0 Å². The summed E-state index contributed by atoms with van der Waals surface area (Å²) in [4.78, 5) is 15.6. The lowest BCUT2D eigenvalue weighted by Crippen LogP contribution is -2.32. The summed E-state index contributed by atoms with van der Waals surface area (Å²) in [5.41, 5.74) is 0.651. The van der Waals surface area contributed by atoms with Crippen LogP contribution >= 0.6 is 34.5 Å². The van der Waals surface area contributed by atoms with Crippen molar-refractivity contribution in [1.29, 1.82) is 0 Å². The smallest absolute Gasteiger partial charge is 0.321 e. The molecule has 0 fully saturated rings. The molecule has 0 saturated heterocycles. The van der Waals surface area contributed by atoms with Crippen molar-refractivity contribution >= 4 is 50.5 Å². The molecular weight excluding hydrogens is 383 g/mol. The zero-order valence-corrected chi connectivity index (χ0v) is 15.0. The fourth-order valence-electron chi connectivity index (χ4n) is 1.56. The van der Waals surface area contributed by atoms with E-state index in [1.807, 2.05) is 0 Å². The van der Waals surface area contributed by atoms with E-state index in [0.717, 1.165) is 15.6 Å². The van der Waals surface area contributed by atoms with E-state index < -0.39 is 22.5 Å². The van der Waals surface area contributed by atoms with Crippen molar-refractivity contribution in [1.82, 2.24) is 9.29 Å². The molecule has 0 atom stereocenters. The molecule has 0 bridgehead atoms. The van der Waals surface area contributed by atoms with Crippen molar-refractivity contribution < 1.29 is 17.9 Å². The van der Waals surface area contributed by atoms with Crippen LogP contribution in [0.3, 0.4) is 0 Å². The number of ether oxygens (including phenoxy) is 1. The van der Waals surface area contributed by atoms with Gasteiger partial charge in [-0.1, -0.05) is 29.3 Å². The first-order valence-electron chi connectivity index (χ1n) is 6.27. The van der Waals surface area contributed by atoms with Crippen LogP contribution in [0.25, 0.3) is 0 Å². The second-order valence-corrected chi connectivity index (χ2v) is 8.84. The topological polar surface area (TPSA) is 76.6 Å². The van der Waals surface area contributed by atoms with Gasteiger partial charge in [-0.05, 0) is 18.2 Å². The minimum atomic E-state index is -3.77. The van der Waals surface area contributed by atoms with Gasteiger partial charge in [0.15, 0.2) is 0 Å². The first kappa shape index (κ1) is 18.2. The summed E-state index contributed by atoms with van der Waals surface area (Å²) < 4.78 is 30.8.